The lowest BCUT2D eigenvalue weighted by molar-refractivity contribution is 0.106. The number of rotatable bonds is 10. The second-order valence-electron chi connectivity index (χ2n) is 5.14. The molecule has 0 aromatic heterocycles. The van der Waals surface area contributed by atoms with Gasteiger partial charge in [-0.05, 0) is 39.3 Å². The predicted octanol–water partition coefficient (Wildman–Crippen LogP) is 1.88. The van der Waals surface area contributed by atoms with Crippen LogP contribution in [0.15, 0.2) is 0 Å². The second-order valence-corrected chi connectivity index (χ2v) is 5.14. The molecule has 1 rings (SSSR count). The van der Waals surface area contributed by atoms with Crippen LogP contribution in [0.5, 0.6) is 0 Å². The average molecular weight is 228 g/mol. The standard InChI is InChI=1S/C13H28N2O/c1-12(2)14-8-4-5-10-16-11-9-15(3)13-6-7-13/h12-14H,4-11H2,1-3H3. The maximum Gasteiger partial charge on any atom is 0.0593 e. The molecule has 0 bridgehead atoms. The molecular formula is C13H28N2O. The van der Waals surface area contributed by atoms with E-state index in [2.05, 4.69) is 31.1 Å². The number of likely N-dealkylation sites (N-methyl/N-ethyl adjacent to an activating group) is 1. The Labute approximate surface area is 101 Å². The van der Waals surface area contributed by atoms with Gasteiger partial charge >= 0.3 is 0 Å². The van der Waals surface area contributed by atoms with Crippen LogP contribution in [0.2, 0.25) is 0 Å². The van der Waals surface area contributed by atoms with Crippen LogP contribution in [0.4, 0.5) is 0 Å². The van der Waals surface area contributed by atoms with Gasteiger partial charge in [0.15, 0.2) is 0 Å². The molecule has 1 saturated carbocycles. The van der Waals surface area contributed by atoms with Gasteiger partial charge in [-0.2, -0.15) is 0 Å². The van der Waals surface area contributed by atoms with E-state index in [1.807, 2.05) is 0 Å². The summed E-state index contributed by atoms with van der Waals surface area (Å²) in [4.78, 5) is 2.42. The van der Waals surface area contributed by atoms with E-state index >= 15 is 0 Å². The summed E-state index contributed by atoms with van der Waals surface area (Å²) in [6.45, 7) is 8.38. The van der Waals surface area contributed by atoms with Crippen molar-refractivity contribution >= 4 is 0 Å². The molecule has 16 heavy (non-hydrogen) atoms. The molecule has 1 aliphatic carbocycles. The van der Waals surface area contributed by atoms with Gasteiger partial charge in [0, 0.05) is 25.2 Å². The Hall–Kier alpha value is -0.120. The summed E-state index contributed by atoms with van der Waals surface area (Å²) in [5.41, 5.74) is 0. The van der Waals surface area contributed by atoms with Gasteiger partial charge in [-0.15, -0.1) is 0 Å². The predicted molar refractivity (Wildman–Crippen MR) is 68.8 cm³/mol. The van der Waals surface area contributed by atoms with Crippen molar-refractivity contribution in [2.75, 3.05) is 33.4 Å². The number of unbranched alkanes of at least 4 members (excludes halogenated alkanes) is 1. The Kier molecular flexibility index (Phi) is 7.01. The minimum Gasteiger partial charge on any atom is -0.380 e. The monoisotopic (exact) mass is 228 g/mol. The minimum absolute atomic E-state index is 0.605. The maximum absolute atomic E-state index is 5.62. The fourth-order valence-corrected chi connectivity index (χ4v) is 1.73. The number of ether oxygens (including phenoxy) is 1. The normalized spacial score (nSPS) is 16.3. The third-order valence-electron chi connectivity index (χ3n) is 3.03. The quantitative estimate of drug-likeness (QED) is 0.578. The van der Waals surface area contributed by atoms with Gasteiger partial charge in [-0.3, -0.25) is 0 Å². The Morgan fingerprint density at radius 1 is 1.25 bits per heavy atom. The van der Waals surface area contributed by atoms with Crippen LogP contribution >= 0.6 is 0 Å². The van der Waals surface area contributed by atoms with Gasteiger partial charge in [0.2, 0.25) is 0 Å². The number of hydrogen-bond donors (Lipinski definition) is 1. The molecule has 0 heterocycles. The first kappa shape index (κ1) is 13.9. The molecule has 0 unspecified atom stereocenters. The van der Waals surface area contributed by atoms with E-state index in [0.29, 0.717) is 6.04 Å². The van der Waals surface area contributed by atoms with E-state index in [-0.39, 0.29) is 0 Å². The van der Waals surface area contributed by atoms with Gasteiger partial charge in [-0.1, -0.05) is 13.8 Å². The van der Waals surface area contributed by atoms with Crippen molar-refractivity contribution in [2.24, 2.45) is 0 Å². The lowest BCUT2D eigenvalue weighted by Crippen LogP contribution is -2.25. The summed E-state index contributed by atoms with van der Waals surface area (Å²) >= 11 is 0. The summed E-state index contributed by atoms with van der Waals surface area (Å²) in [5.74, 6) is 0. The van der Waals surface area contributed by atoms with Crippen molar-refractivity contribution in [2.45, 2.75) is 51.6 Å². The number of nitrogens with one attached hydrogen (secondary N) is 1. The lowest BCUT2D eigenvalue weighted by Gasteiger charge is -2.15. The smallest absolute Gasteiger partial charge is 0.0593 e. The third kappa shape index (κ3) is 7.20. The van der Waals surface area contributed by atoms with E-state index in [1.165, 1.54) is 25.7 Å². The van der Waals surface area contributed by atoms with E-state index in [9.17, 15) is 0 Å². The molecule has 0 aromatic rings. The topological polar surface area (TPSA) is 24.5 Å². The van der Waals surface area contributed by atoms with Gasteiger partial charge < -0.3 is 15.0 Å². The molecular weight excluding hydrogens is 200 g/mol. The summed E-state index contributed by atoms with van der Waals surface area (Å²) < 4.78 is 5.62. The highest BCUT2D eigenvalue weighted by Crippen LogP contribution is 2.24. The molecule has 3 nitrogen and oxygen atoms in total. The summed E-state index contributed by atoms with van der Waals surface area (Å²) in [5, 5.41) is 3.41. The zero-order chi connectivity index (χ0) is 11.8. The largest absolute Gasteiger partial charge is 0.380 e. The molecule has 0 aromatic carbocycles. The van der Waals surface area contributed by atoms with E-state index in [1.54, 1.807) is 0 Å². The molecule has 0 amide bonds. The van der Waals surface area contributed by atoms with E-state index in [0.717, 1.165) is 32.3 Å². The number of hydrogen-bond acceptors (Lipinski definition) is 3. The van der Waals surface area contributed by atoms with Crippen molar-refractivity contribution in [3.8, 4) is 0 Å². The van der Waals surface area contributed by atoms with Gasteiger partial charge in [0.1, 0.15) is 0 Å². The molecule has 1 fully saturated rings. The van der Waals surface area contributed by atoms with Crippen molar-refractivity contribution in [3.63, 3.8) is 0 Å². The summed E-state index contributed by atoms with van der Waals surface area (Å²) in [7, 11) is 2.20. The van der Waals surface area contributed by atoms with Crippen LogP contribution in [0.1, 0.15) is 39.5 Å². The molecule has 0 atom stereocenters. The molecule has 3 heteroatoms. The first-order valence-electron chi connectivity index (χ1n) is 6.71. The Morgan fingerprint density at radius 2 is 2.00 bits per heavy atom. The molecule has 1 aliphatic rings. The van der Waals surface area contributed by atoms with Crippen LogP contribution in [0, 0.1) is 0 Å². The molecule has 0 spiro atoms. The Bertz CT molecular complexity index is 169. The lowest BCUT2D eigenvalue weighted by atomic mass is 10.3. The molecule has 96 valence electrons. The van der Waals surface area contributed by atoms with Crippen LogP contribution < -0.4 is 5.32 Å². The van der Waals surface area contributed by atoms with Gasteiger partial charge in [0.05, 0.1) is 6.61 Å². The fraction of sp³-hybridized carbons (Fsp3) is 1.00. The fourth-order valence-electron chi connectivity index (χ4n) is 1.73. The SMILES string of the molecule is CC(C)NCCCCOCCN(C)C1CC1. The summed E-state index contributed by atoms with van der Waals surface area (Å²) in [6.07, 6.45) is 5.16. The maximum atomic E-state index is 5.62. The Morgan fingerprint density at radius 3 is 2.62 bits per heavy atom. The van der Waals surface area contributed by atoms with Crippen molar-refractivity contribution in [1.29, 1.82) is 0 Å². The molecule has 0 saturated heterocycles. The second kappa shape index (κ2) is 8.04. The van der Waals surface area contributed by atoms with Crippen molar-refractivity contribution < 1.29 is 4.74 Å². The first-order chi connectivity index (χ1) is 7.70. The molecule has 0 aliphatic heterocycles. The van der Waals surface area contributed by atoms with Crippen molar-refractivity contribution in [3.05, 3.63) is 0 Å². The molecule has 1 N–H and O–H groups in total. The zero-order valence-electron chi connectivity index (χ0n) is 11.2. The number of nitrogens with zero attached hydrogens (tertiary/aromatic N) is 1. The van der Waals surface area contributed by atoms with E-state index < -0.39 is 0 Å². The van der Waals surface area contributed by atoms with Crippen LogP contribution in [0.25, 0.3) is 0 Å². The average Bonchev–Trinajstić information content (AvgIpc) is 3.04. The highest BCUT2D eigenvalue weighted by atomic mass is 16.5. The van der Waals surface area contributed by atoms with Crippen molar-refractivity contribution in [1.82, 2.24) is 10.2 Å². The van der Waals surface area contributed by atoms with Crippen LogP contribution in [-0.4, -0.2) is 50.3 Å². The van der Waals surface area contributed by atoms with Crippen LogP contribution in [-0.2, 0) is 4.74 Å². The van der Waals surface area contributed by atoms with Gasteiger partial charge in [0.25, 0.3) is 0 Å². The van der Waals surface area contributed by atoms with E-state index in [4.69, 9.17) is 4.74 Å². The third-order valence-corrected chi connectivity index (χ3v) is 3.03. The Balaban J connectivity index is 1.74. The molecule has 0 radical (unpaired) electrons. The highest BCUT2D eigenvalue weighted by molar-refractivity contribution is 4.81. The van der Waals surface area contributed by atoms with Gasteiger partial charge in [-0.25, -0.2) is 0 Å². The zero-order valence-corrected chi connectivity index (χ0v) is 11.2. The van der Waals surface area contributed by atoms with Crippen LogP contribution in [0.3, 0.4) is 0 Å². The highest BCUT2D eigenvalue weighted by Gasteiger charge is 2.25. The summed E-state index contributed by atoms with van der Waals surface area (Å²) in [6, 6.07) is 1.46. The first-order valence-corrected chi connectivity index (χ1v) is 6.71. The minimum atomic E-state index is 0.605.